The van der Waals surface area contributed by atoms with Crippen LogP contribution in [0.25, 0.3) is 21.9 Å². The molecule has 2 heterocycles. The number of ether oxygens (including phenoxy) is 3. The van der Waals surface area contributed by atoms with Gasteiger partial charge in [-0.2, -0.15) is 0 Å². The maximum absolute atomic E-state index is 13.1. The van der Waals surface area contributed by atoms with Gasteiger partial charge in [-0.1, -0.05) is 30.3 Å². The minimum Gasteiger partial charge on any atom is -0.490 e. The highest BCUT2D eigenvalue weighted by Gasteiger charge is 2.18. The number of rotatable bonds is 6. The average Bonchev–Trinajstić information content (AvgIpc) is 3.27. The van der Waals surface area contributed by atoms with Crippen molar-refractivity contribution in [1.29, 1.82) is 0 Å². The maximum Gasteiger partial charge on any atom is 0.379 e. The Hall–Kier alpha value is -4.52. The lowest BCUT2D eigenvalue weighted by molar-refractivity contribution is 0.0704. The first kappa shape index (κ1) is 21.3. The molecule has 0 saturated carbocycles. The van der Waals surface area contributed by atoms with Crippen molar-refractivity contribution in [2.75, 3.05) is 6.61 Å². The second-order valence-corrected chi connectivity index (χ2v) is 7.49. The lowest BCUT2D eigenvalue weighted by Gasteiger charge is -2.12. The van der Waals surface area contributed by atoms with Crippen molar-refractivity contribution in [2.24, 2.45) is 0 Å². The molecule has 0 spiro atoms. The largest absolute Gasteiger partial charge is 0.490 e. The van der Waals surface area contributed by atoms with Crippen LogP contribution < -0.4 is 19.6 Å². The standard InChI is InChI=1S/C27H20O7/c1-3-30-21-10-6-7-11-22(21)34-26-16(2)31-23-15-18(12-13-19(23)25(26)28)32-27(29)24-14-17-8-4-5-9-20(17)33-24/h4-15H,3H2,1-2H3. The molecule has 0 aliphatic heterocycles. The van der Waals surface area contributed by atoms with Crippen LogP contribution in [0.3, 0.4) is 0 Å². The summed E-state index contributed by atoms with van der Waals surface area (Å²) in [6, 6.07) is 20.5. The van der Waals surface area contributed by atoms with Crippen LogP contribution in [0.15, 0.2) is 86.4 Å². The first-order valence-electron chi connectivity index (χ1n) is 10.7. The van der Waals surface area contributed by atoms with Gasteiger partial charge in [0, 0.05) is 11.5 Å². The Kier molecular flexibility index (Phi) is 5.51. The van der Waals surface area contributed by atoms with Crippen LogP contribution in [-0.4, -0.2) is 12.6 Å². The topological polar surface area (TPSA) is 88.1 Å². The Labute approximate surface area is 194 Å². The number of hydrogen-bond donors (Lipinski definition) is 0. The summed E-state index contributed by atoms with van der Waals surface area (Å²) in [5.41, 5.74) is 0.510. The number of esters is 1. The monoisotopic (exact) mass is 456 g/mol. The number of fused-ring (bicyclic) bond motifs is 2. The molecule has 3 aromatic carbocycles. The van der Waals surface area contributed by atoms with Gasteiger partial charge in [-0.15, -0.1) is 0 Å². The van der Waals surface area contributed by atoms with E-state index in [0.29, 0.717) is 23.7 Å². The molecule has 0 saturated heterocycles. The van der Waals surface area contributed by atoms with Crippen LogP contribution >= 0.6 is 0 Å². The van der Waals surface area contributed by atoms with E-state index in [1.807, 2.05) is 31.2 Å². The number of furan rings is 1. The number of carbonyl (C=O) groups is 1. The number of hydrogen-bond acceptors (Lipinski definition) is 7. The van der Waals surface area contributed by atoms with E-state index in [0.717, 1.165) is 5.39 Å². The molecule has 0 atom stereocenters. The van der Waals surface area contributed by atoms with E-state index in [1.54, 1.807) is 37.3 Å². The van der Waals surface area contributed by atoms with Gasteiger partial charge in [-0.25, -0.2) is 4.79 Å². The molecule has 7 nitrogen and oxygen atoms in total. The summed E-state index contributed by atoms with van der Waals surface area (Å²) in [6.07, 6.45) is 0. The second-order valence-electron chi connectivity index (χ2n) is 7.49. The fourth-order valence-electron chi connectivity index (χ4n) is 3.61. The zero-order valence-electron chi connectivity index (χ0n) is 18.5. The summed E-state index contributed by atoms with van der Waals surface area (Å²) in [5.74, 6) is 0.928. The first-order chi connectivity index (χ1) is 16.5. The van der Waals surface area contributed by atoms with Crippen molar-refractivity contribution in [3.8, 4) is 23.0 Å². The number of benzene rings is 3. The summed E-state index contributed by atoms with van der Waals surface area (Å²) < 4.78 is 28.3. The predicted octanol–water partition coefficient (Wildman–Crippen LogP) is 6.26. The lowest BCUT2D eigenvalue weighted by Crippen LogP contribution is -2.09. The molecule has 0 radical (unpaired) electrons. The molecule has 5 rings (SSSR count). The van der Waals surface area contributed by atoms with Gasteiger partial charge >= 0.3 is 5.97 Å². The van der Waals surface area contributed by atoms with Crippen molar-refractivity contribution < 1.29 is 27.8 Å². The lowest BCUT2D eigenvalue weighted by atomic mass is 10.2. The molecule has 0 aliphatic rings. The van der Waals surface area contributed by atoms with E-state index in [-0.39, 0.29) is 39.4 Å². The molecule has 0 amide bonds. The molecule has 0 bridgehead atoms. The highest BCUT2D eigenvalue weighted by atomic mass is 16.5. The fraction of sp³-hybridized carbons (Fsp3) is 0.111. The minimum atomic E-state index is -0.651. The highest BCUT2D eigenvalue weighted by molar-refractivity contribution is 5.94. The Morgan fingerprint density at radius 3 is 2.44 bits per heavy atom. The normalized spacial score (nSPS) is 11.0. The van der Waals surface area contributed by atoms with Gasteiger partial charge in [-0.05, 0) is 50.2 Å². The fourth-order valence-corrected chi connectivity index (χ4v) is 3.61. The molecule has 0 N–H and O–H groups in total. The molecule has 0 aliphatic carbocycles. The zero-order chi connectivity index (χ0) is 23.7. The van der Waals surface area contributed by atoms with E-state index in [4.69, 9.17) is 23.0 Å². The third-order valence-electron chi connectivity index (χ3n) is 5.19. The summed E-state index contributed by atoms with van der Waals surface area (Å²) in [5, 5.41) is 1.09. The summed E-state index contributed by atoms with van der Waals surface area (Å²) in [7, 11) is 0. The average molecular weight is 456 g/mol. The van der Waals surface area contributed by atoms with E-state index in [1.165, 1.54) is 18.2 Å². The smallest absolute Gasteiger partial charge is 0.379 e. The van der Waals surface area contributed by atoms with Gasteiger partial charge in [0.2, 0.25) is 16.9 Å². The molecule has 5 aromatic rings. The molecule has 0 fully saturated rings. The van der Waals surface area contributed by atoms with Crippen LogP contribution in [0.1, 0.15) is 23.2 Å². The van der Waals surface area contributed by atoms with Gasteiger partial charge in [0.1, 0.15) is 22.7 Å². The molecular formula is C27H20O7. The van der Waals surface area contributed by atoms with Gasteiger partial charge in [0.25, 0.3) is 0 Å². The van der Waals surface area contributed by atoms with Crippen LogP contribution in [0.5, 0.6) is 23.0 Å². The Balaban J connectivity index is 1.44. The van der Waals surface area contributed by atoms with Gasteiger partial charge in [0.15, 0.2) is 11.5 Å². The number of para-hydroxylation sites is 3. The van der Waals surface area contributed by atoms with Crippen molar-refractivity contribution in [2.45, 2.75) is 13.8 Å². The summed E-state index contributed by atoms with van der Waals surface area (Å²) in [6.45, 7) is 3.96. The van der Waals surface area contributed by atoms with Crippen molar-refractivity contribution >= 4 is 27.9 Å². The van der Waals surface area contributed by atoms with Crippen LogP contribution in [0, 0.1) is 6.92 Å². The number of aryl methyl sites for hydroxylation is 1. The van der Waals surface area contributed by atoms with Crippen molar-refractivity contribution in [3.05, 3.63) is 94.5 Å². The Morgan fingerprint density at radius 2 is 1.65 bits per heavy atom. The Morgan fingerprint density at radius 1 is 0.882 bits per heavy atom. The molecular weight excluding hydrogens is 436 g/mol. The zero-order valence-corrected chi connectivity index (χ0v) is 18.5. The molecule has 7 heteroatoms. The van der Waals surface area contributed by atoms with Crippen LogP contribution in [-0.2, 0) is 0 Å². The van der Waals surface area contributed by atoms with E-state index in [9.17, 15) is 9.59 Å². The predicted molar refractivity (Wildman–Crippen MR) is 126 cm³/mol. The second kappa shape index (κ2) is 8.78. The summed E-state index contributed by atoms with van der Waals surface area (Å²) >= 11 is 0. The third kappa shape index (κ3) is 3.99. The molecule has 0 unspecified atom stereocenters. The minimum absolute atomic E-state index is 0.0617. The number of carbonyl (C=O) groups excluding carboxylic acids is 1. The van der Waals surface area contributed by atoms with E-state index < -0.39 is 5.97 Å². The van der Waals surface area contributed by atoms with Gasteiger partial charge in [-0.3, -0.25) is 4.79 Å². The SMILES string of the molecule is CCOc1ccccc1Oc1c(C)oc2cc(OC(=O)c3cc4ccccc4o3)ccc2c1=O. The summed E-state index contributed by atoms with van der Waals surface area (Å²) in [4.78, 5) is 25.7. The molecule has 2 aromatic heterocycles. The van der Waals surface area contributed by atoms with Crippen LogP contribution in [0.2, 0.25) is 0 Å². The Bertz CT molecular complexity index is 1540. The quantitative estimate of drug-likeness (QED) is 0.220. The molecule has 170 valence electrons. The van der Waals surface area contributed by atoms with Gasteiger partial charge < -0.3 is 23.0 Å². The maximum atomic E-state index is 13.1. The van der Waals surface area contributed by atoms with E-state index in [2.05, 4.69) is 0 Å². The van der Waals surface area contributed by atoms with Gasteiger partial charge in [0.05, 0.1) is 12.0 Å². The van der Waals surface area contributed by atoms with Crippen molar-refractivity contribution in [3.63, 3.8) is 0 Å². The first-order valence-corrected chi connectivity index (χ1v) is 10.7. The van der Waals surface area contributed by atoms with Crippen molar-refractivity contribution in [1.82, 2.24) is 0 Å². The van der Waals surface area contributed by atoms with E-state index >= 15 is 0 Å². The highest BCUT2D eigenvalue weighted by Crippen LogP contribution is 2.33. The van der Waals surface area contributed by atoms with Crippen LogP contribution in [0.4, 0.5) is 0 Å². The third-order valence-corrected chi connectivity index (χ3v) is 5.19. The molecule has 34 heavy (non-hydrogen) atoms.